The van der Waals surface area contributed by atoms with Crippen molar-refractivity contribution in [2.45, 2.75) is 38.5 Å². The zero-order chi connectivity index (χ0) is 25.3. The number of nitrogens with zero attached hydrogens (tertiary/aromatic N) is 2. The van der Waals surface area contributed by atoms with E-state index in [-0.39, 0.29) is 4.90 Å². The number of carbonyl (C=O) groups is 1. The Labute approximate surface area is 207 Å². The number of hydrogen-bond acceptors (Lipinski definition) is 5. The molecule has 0 aliphatic carbocycles. The van der Waals surface area contributed by atoms with Crippen LogP contribution in [0.3, 0.4) is 0 Å². The molecule has 8 heteroatoms. The third-order valence-electron chi connectivity index (χ3n) is 5.46. The highest BCUT2D eigenvalue weighted by molar-refractivity contribution is 7.92. The first-order valence-electron chi connectivity index (χ1n) is 11.5. The molecule has 0 atom stereocenters. The second kappa shape index (κ2) is 12.2. The van der Waals surface area contributed by atoms with Crippen LogP contribution in [0, 0.1) is 13.8 Å². The van der Waals surface area contributed by atoms with Crippen LogP contribution < -0.4 is 14.5 Å². The summed E-state index contributed by atoms with van der Waals surface area (Å²) in [5.41, 5.74) is 5.52. The van der Waals surface area contributed by atoms with Gasteiger partial charge in [-0.3, -0.25) is 9.10 Å². The van der Waals surface area contributed by atoms with Gasteiger partial charge in [-0.2, -0.15) is 5.10 Å². The van der Waals surface area contributed by atoms with Crippen molar-refractivity contribution >= 4 is 27.8 Å². The maximum Gasteiger partial charge on any atom is 0.264 e. The van der Waals surface area contributed by atoms with Gasteiger partial charge in [0, 0.05) is 5.56 Å². The van der Waals surface area contributed by atoms with E-state index in [9.17, 15) is 13.2 Å². The molecular formula is C27H31N3O4S. The van der Waals surface area contributed by atoms with E-state index in [2.05, 4.69) is 17.5 Å². The second-order valence-corrected chi connectivity index (χ2v) is 9.99. The molecular weight excluding hydrogens is 462 g/mol. The predicted octanol–water partition coefficient (Wildman–Crippen LogP) is 4.83. The molecule has 3 aromatic carbocycles. The highest BCUT2D eigenvalue weighted by atomic mass is 32.2. The number of para-hydroxylation sites is 1. The third-order valence-corrected chi connectivity index (χ3v) is 7.25. The van der Waals surface area contributed by atoms with Crippen molar-refractivity contribution in [3.8, 4) is 5.75 Å². The number of benzene rings is 3. The molecule has 0 saturated heterocycles. The van der Waals surface area contributed by atoms with Crippen LogP contribution in [-0.4, -0.2) is 33.7 Å². The number of hydrazone groups is 1. The SMILES string of the molecule is CCCCOc1ccccc1/C=N\NC(=O)CN(c1ccc(C)c(C)c1)S(=O)(=O)c1ccccc1. The zero-order valence-corrected chi connectivity index (χ0v) is 21.1. The van der Waals surface area contributed by atoms with Crippen LogP contribution in [0.1, 0.15) is 36.5 Å². The van der Waals surface area contributed by atoms with E-state index < -0.39 is 22.5 Å². The summed E-state index contributed by atoms with van der Waals surface area (Å²) in [6.07, 6.45) is 3.45. The lowest BCUT2D eigenvalue weighted by atomic mass is 10.1. The van der Waals surface area contributed by atoms with E-state index in [1.54, 1.807) is 30.3 Å². The fourth-order valence-corrected chi connectivity index (χ4v) is 4.73. The van der Waals surface area contributed by atoms with Crippen LogP contribution in [0.15, 0.2) is 82.8 Å². The summed E-state index contributed by atoms with van der Waals surface area (Å²) >= 11 is 0. The number of rotatable bonds is 11. The van der Waals surface area contributed by atoms with Gasteiger partial charge in [0.25, 0.3) is 15.9 Å². The Kier molecular flexibility index (Phi) is 9.03. The lowest BCUT2D eigenvalue weighted by molar-refractivity contribution is -0.119. The third kappa shape index (κ3) is 6.93. The van der Waals surface area contributed by atoms with E-state index in [4.69, 9.17) is 4.74 Å². The lowest BCUT2D eigenvalue weighted by Crippen LogP contribution is -2.39. The molecule has 1 amide bonds. The van der Waals surface area contributed by atoms with Crippen molar-refractivity contribution in [2.24, 2.45) is 5.10 Å². The Balaban J connectivity index is 1.80. The van der Waals surface area contributed by atoms with Gasteiger partial charge in [0.05, 0.1) is 23.4 Å². The van der Waals surface area contributed by atoms with Gasteiger partial charge >= 0.3 is 0 Å². The largest absolute Gasteiger partial charge is 0.493 e. The maximum atomic E-state index is 13.4. The van der Waals surface area contributed by atoms with Crippen molar-refractivity contribution in [2.75, 3.05) is 17.5 Å². The standard InChI is InChI=1S/C27H31N3O4S/c1-4-5-17-34-26-14-10-9-11-23(26)19-28-29-27(31)20-30(24-16-15-21(2)22(3)18-24)35(32,33)25-12-7-6-8-13-25/h6-16,18-19H,4-5,17,20H2,1-3H3,(H,29,31)/b28-19-. The fraction of sp³-hybridized carbons (Fsp3) is 0.259. The molecule has 3 rings (SSSR count). The number of anilines is 1. The van der Waals surface area contributed by atoms with Gasteiger partial charge in [-0.15, -0.1) is 0 Å². The maximum absolute atomic E-state index is 13.4. The van der Waals surface area contributed by atoms with Crippen LogP contribution >= 0.6 is 0 Å². The molecule has 1 N–H and O–H groups in total. The first kappa shape index (κ1) is 26.0. The van der Waals surface area contributed by atoms with Crippen molar-refractivity contribution in [1.82, 2.24) is 5.43 Å². The van der Waals surface area contributed by atoms with Crippen molar-refractivity contribution in [1.29, 1.82) is 0 Å². The summed E-state index contributed by atoms with van der Waals surface area (Å²) in [5.74, 6) is 0.103. The minimum absolute atomic E-state index is 0.104. The van der Waals surface area contributed by atoms with Crippen molar-refractivity contribution < 1.29 is 17.9 Å². The van der Waals surface area contributed by atoms with Gasteiger partial charge in [-0.1, -0.05) is 49.7 Å². The molecule has 0 bridgehead atoms. The van der Waals surface area contributed by atoms with Crippen molar-refractivity contribution in [3.05, 3.63) is 89.5 Å². The van der Waals surface area contributed by atoms with Gasteiger partial charge in [0.15, 0.2) is 0 Å². The van der Waals surface area contributed by atoms with E-state index in [1.807, 2.05) is 44.2 Å². The quantitative estimate of drug-likeness (QED) is 0.235. The molecule has 7 nitrogen and oxygen atoms in total. The Morgan fingerprint density at radius 2 is 1.71 bits per heavy atom. The number of hydrogen-bond donors (Lipinski definition) is 1. The minimum atomic E-state index is -3.97. The normalized spacial score (nSPS) is 11.4. The first-order valence-corrected chi connectivity index (χ1v) is 13.0. The summed E-state index contributed by atoms with van der Waals surface area (Å²) < 4.78 is 33.7. The smallest absolute Gasteiger partial charge is 0.264 e. The molecule has 3 aromatic rings. The Bertz CT molecular complexity index is 1270. The van der Waals surface area contributed by atoms with Crippen LogP contribution in [0.5, 0.6) is 5.75 Å². The summed E-state index contributed by atoms with van der Waals surface area (Å²) in [4.78, 5) is 12.9. The topological polar surface area (TPSA) is 88.1 Å². The van der Waals surface area contributed by atoms with E-state index in [0.717, 1.165) is 28.3 Å². The Morgan fingerprint density at radius 1 is 1.00 bits per heavy atom. The molecule has 0 radical (unpaired) electrons. The molecule has 0 spiro atoms. The Morgan fingerprint density at radius 3 is 2.43 bits per heavy atom. The first-order chi connectivity index (χ1) is 16.8. The highest BCUT2D eigenvalue weighted by Crippen LogP contribution is 2.25. The van der Waals surface area contributed by atoms with Gasteiger partial charge < -0.3 is 4.74 Å². The summed E-state index contributed by atoms with van der Waals surface area (Å²) in [6, 6.07) is 20.7. The van der Waals surface area contributed by atoms with Gasteiger partial charge in [-0.05, 0) is 67.8 Å². The summed E-state index contributed by atoms with van der Waals surface area (Å²) in [5, 5.41) is 4.04. The number of nitrogens with one attached hydrogen (secondary N) is 1. The number of unbranched alkanes of at least 4 members (excludes halogenated alkanes) is 1. The number of carbonyl (C=O) groups excluding carboxylic acids is 1. The molecule has 0 aromatic heterocycles. The Hall–Kier alpha value is -3.65. The molecule has 0 unspecified atom stereocenters. The molecule has 0 fully saturated rings. The number of sulfonamides is 1. The summed E-state index contributed by atoms with van der Waals surface area (Å²) in [7, 11) is -3.97. The number of amides is 1. The van der Waals surface area contributed by atoms with Gasteiger partial charge in [-0.25, -0.2) is 13.8 Å². The highest BCUT2D eigenvalue weighted by Gasteiger charge is 2.27. The molecule has 0 aliphatic rings. The van der Waals surface area contributed by atoms with E-state index in [0.29, 0.717) is 23.6 Å². The molecule has 35 heavy (non-hydrogen) atoms. The van der Waals surface area contributed by atoms with Crippen LogP contribution in [0.25, 0.3) is 0 Å². The van der Waals surface area contributed by atoms with Crippen LogP contribution in [0.4, 0.5) is 5.69 Å². The molecule has 0 saturated carbocycles. The average Bonchev–Trinajstić information content (AvgIpc) is 2.86. The van der Waals surface area contributed by atoms with Gasteiger partial charge in [0.1, 0.15) is 12.3 Å². The minimum Gasteiger partial charge on any atom is -0.493 e. The second-order valence-electron chi connectivity index (χ2n) is 8.13. The summed E-state index contributed by atoms with van der Waals surface area (Å²) in [6.45, 7) is 6.10. The lowest BCUT2D eigenvalue weighted by Gasteiger charge is -2.24. The zero-order valence-electron chi connectivity index (χ0n) is 20.3. The van der Waals surface area contributed by atoms with Gasteiger partial charge in [0.2, 0.25) is 0 Å². The van der Waals surface area contributed by atoms with E-state index >= 15 is 0 Å². The molecule has 0 aliphatic heterocycles. The van der Waals surface area contributed by atoms with Crippen LogP contribution in [0.2, 0.25) is 0 Å². The molecule has 0 heterocycles. The van der Waals surface area contributed by atoms with Crippen LogP contribution in [-0.2, 0) is 14.8 Å². The molecule has 184 valence electrons. The monoisotopic (exact) mass is 493 g/mol. The van der Waals surface area contributed by atoms with Crippen molar-refractivity contribution in [3.63, 3.8) is 0 Å². The average molecular weight is 494 g/mol. The fourth-order valence-electron chi connectivity index (χ4n) is 3.30. The number of aryl methyl sites for hydroxylation is 2. The van der Waals surface area contributed by atoms with E-state index in [1.165, 1.54) is 18.3 Å². The number of ether oxygens (including phenoxy) is 1. The predicted molar refractivity (Wildman–Crippen MR) is 139 cm³/mol.